The largest absolute Gasteiger partial charge is 0.310 e. The number of hydrogen-bond acceptors (Lipinski definition) is 1. The summed E-state index contributed by atoms with van der Waals surface area (Å²) in [5.41, 5.74) is 11.5. The van der Waals surface area contributed by atoms with Gasteiger partial charge in [-0.15, -0.1) is 0 Å². The Hall–Kier alpha value is -6.56. The van der Waals surface area contributed by atoms with Crippen molar-refractivity contribution in [3.8, 4) is 27.9 Å². The minimum Gasteiger partial charge on any atom is -0.310 e. The van der Waals surface area contributed by atoms with Crippen molar-refractivity contribution >= 4 is 49.6 Å². The zero-order valence-corrected chi connectivity index (χ0v) is 26.2. The second-order valence-electron chi connectivity index (χ2n) is 12.0. The van der Waals surface area contributed by atoms with Gasteiger partial charge in [0.25, 0.3) is 0 Å². The van der Waals surface area contributed by atoms with Crippen molar-refractivity contribution in [3.05, 3.63) is 194 Å². The molecule has 9 aromatic rings. The Morgan fingerprint density at radius 2 is 0.958 bits per heavy atom. The number of rotatable bonds is 6. The molecule has 8 aromatic carbocycles. The third-order valence-electron chi connectivity index (χ3n) is 9.24. The zero-order chi connectivity index (χ0) is 31.9. The van der Waals surface area contributed by atoms with Gasteiger partial charge in [-0.2, -0.15) is 0 Å². The Balaban J connectivity index is 1.23. The van der Waals surface area contributed by atoms with Crippen LogP contribution in [0.3, 0.4) is 0 Å². The molecule has 0 bridgehead atoms. The summed E-state index contributed by atoms with van der Waals surface area (Å²) in [6.45, 7) is 0. The van der Waals surface area contributed by atoms with Crippen molar-refractivity contribution in [1.82, 2.24) is 4.57 Å². The Kier molecular flexibility index (Phi) is 6.74. The lowest BCUT2D eigenvalue weighted by Crippen LogP contribution is -2.10. The molecule has 0 radical (unpaired) electrons. The summed E-state index contributed by atoms with van der Waals surface area (Å²) in [5.74, 6) is 0. The Labute approximate surface area is 280 Å². The van der Waals surface area contributed by atoms with Crippen LogP contribution in [0, 0.1) is 12.1 Å². The second kappa shape index (κ2) is 11.7. The SMILES string of the molecule is c1cc(-c2ccc(N(c3ccccc3)c3ccc(-n4c5ccccc5c5ccccc54)c(-c4ccccc4)c3)cc2)c2ccccc2c#1. The molecule has 0 fully saturated rings. The van der Waals surface area contributed by atoms with E-state index >= 15 is 0 Å². The highest BCUT2D eigenvalue weighted by Gasteiger charge is 2.19. The smallest absolute Gasteiger partial charge is 0.0542 e. The quantitative estimate of drug-likeness (QED) is 0.182. The molecule has 0 atom stereocenters. The van der Waals surface area contributed by atoms with Gasteiger partial charge in [-0.3, -0.25) is 0 Å². The fourth-order valence-corrected chi connectivity index (χ4v) is 7.03. The van der Waals surface area contributed by atoms with Crippen LogP contribution in [-0.4, -0.2) is 4.57 Å². The molecule has 0 spiro atoms. The predicted octanol–water partition coefficient (Wildman–Crippen LogP) is 12.3. The first-order chi connectivity index (χ1) is 23.8. The zero-order valence-electron chi connectivity index (χ0n) is 26.2. The molecule has 0 amide bonds. The van der Waals surface area contributed by atoms with Crippen LogP contribution < -0.4 is 4.90 Å². The second-order valence-corrected chi connectivity index (χ2v) is 12.0. The normalized spacial score (nSPS) is 11.2. The Morgan fingerprint density at radius 3 is 1.67 bits per heavy atom. The van der Waals surface area contributed by atoms with Gasteiger partial charge in [0, 0.05) is 38.8 Å². The van der Waals surface area contributed by atoms with E-state index < -0.39 is 0 Å². The lowest BCUT2D eigenvalue weighted by Gasteiger charge is -2.27. The van der Waals surface area contributed by atoms with E-state index in [0.29, 0.717) is 0 Å². The van der Waals surface area contributed by atoms with E-state index in [1.807, 2.05) is 12.1 Å². The summed E-state index contributed by atoms with van der Waals surface area (Å²) in [6, 6.07) is 71.4. The minimum absolute atomic E-state index is 1.07. The van der Waals surface area contributed by atoms with Crippen LogP contribution in [-0.2, 0) is 0 Å². The summed E-state index contributed by atoms with van der Waals surface area (Å²) < 4.78 is 2.41. The van der Waals surface area contributed by atoms with Gasteiger partial charge < -0.3 is 9.47 Å². The molecule has 48 heavy (non-hydrogen) atoms. The average Bonchev–Trinajstić information content (AvgIpc) is 3.50. The first-order valence-electron chi connectivity index (χ1n) is 16.3. The third-order valence-corrected chi connectivity index (χ3v) is 9.24. The maximum absolute atomic E-state index is 3.25. The van der Waals surface area contributed by atoms with Gasteiger partial charge in [0.2, 0.25) is 0 Å². The first-order valence-corrected chi connectivity index (χ1v) is 16.3. The monoisotopic (exact) mass is 610 g/mol. The summed E-state index contributed by atoms with van der Waals surface area (Å²) in [6.07, 6.45) is 0. The fourth-order valence-electron chi connectivity index (χ4n) is 7.03. The summed E-state index contributed by atoms with van der Waals surface area (Å²) >= 11 is 0. The summed E-state index contributed by atoms with van der Waals surface area (Å²) in [7, 11) is 0. The molecule has 0 saturated carbocycles. The third kappa shape index (κ3) is 4.69. The lowest BCUT2D eigenvalue weighted by atomic mass is 9.99. The van der Waals surface area contributed by atoms with Gasteiger partial charge in [-0.1, -0.05) is 127 Å². The highest BCUT2D eigenvalue weighted by molar-refractivity contribution is 6.10. The molecular formula is C46H30N2. The van der Waals surface area contributed by atoms with E-state index in [1.165, 1.54) is 38.3 Å². The Morgan fingerprint density at radius 1 is 0.417 bits per heavy atom. The number of para-hydroxylation sites is 3. The van der Waals surface area contributed by atoms with Gasteiger partial charge in [0.1, 0.15) is 0 Å². The summed E-state index contributed by atoms with van der Waals surface area (Å²) in [4.78, 5) is 2.34. The van der Waals surface area contributed by atoms with Crippen molar-refractivity contribution in [1.29, 1.82) is 0 Å². The van der Waals surface area contributed by atoms with Crippen molar-refractivity contribution < 1.29 is 0 Å². The first kappa shape index (κ1) is 27.7. The maximum atomic E-state index is 3.25. The van der Waals surface area contributed by atoms with Crippen LogP contribution in [0.15, 0.2) is 182 Å². The van der Waals surface area contributed by atoms with Crippen LogP contribution in [0.1, 0.15) is 0 Å². The van der Waals surface area contributed by atoms with Gasteiger partial charge in [-0.25, -0.2) is 0 Å². The highest BCUT2D eigenvalue weighted by Crippen LogP contribution is 2.42. The molecule has 9 rings (SSSR count). The number of benzene rings is 7. The van der Waals surface area contributed by atoms with Crippen LogP contribution in [0.5, 0.6) is 0 Å². The van der Waals surface area contributed by atoms with Gasteiger partial charge in [0.05, 0.1) is 16.7 Å². The average molecular weight is 611 g/mol. The molecule has 0 aliphatic rings. The molecule has 0 unspecified atom stereocenters. The van der Waals surface area contributed by atoms with E-state index in [0.717, 1.165) is 39.3 Å². The highest BCUT2D eigenvalue weighted by atomic mass is 15.1. The van der Waals surface area contributed by atoms with Crippen LogP contribution >= 0.6 is 0 Å². The Bertz CT molecular complexity index is 2490. The van der Waals surface area contributed by atoms with Crippen LogP contribution in [0.25, 0.3) is 60.5 Å². The van der Waals surface area contributed by atoms with Gasteiger partial charge in [-0.05, 0) is 88.8 Å². The van der Waals surface area contributed by atoms with Crippen molar-refractivity contribution in [2.75, 3.05) is 4.90 Å². The maximum Gasteiger partial charge on any atom is 0.0542 e. The molecule has 2 nitrogen and oxygen atoms in total. The number of anilines is 3. The molecule has 1 aromatic heterocycles. The van der Waals surface area contributed by atoms with Crippen molar-refractivity contribution in [3.63, 3.8) is 0 Å². The van der Waals surface area contributed by atoms with Gasteiger partial charge >= 0.3 is 0 Å². The fraction of sp³-hybridized carbons (Fsp3) is 0. The molecule has 0 aliphatic heterocycles. The van der Waals surface area contributed by atoms with E-state index in [2.05, 4.69) is 191 Å². The topological polar surface area (TPSA) is 8.17 Å². The van der Waals surface area contributed by atoms with E-state index in [9.17, 15) is 0 Å². The van der Waals surface area contributed by atoms with Crippen molar-refractivity contribution in [2.24, 2.45) is 0 Å². The predicted molar refractivity (Wildman–Crippen MR) is 202 cm³/mol. The standard InChI is InChI=1S/C46H30N2/c1-3-14-34(15-4-1)43-32-38(30-31-46(43)48-44-24-11-9-21-41(44)42-22-10-12-25-45(42)48)47(36-18-5-2-6-19-36)37-28-26-35(27-29-37)40-23-13-17-33-16-7-8-20-39(33)40/h1-12,14-16,18-32H. The minimum atomic E-state index is 1.07. The molecule has 0 saturated heterocycles. The number of nitrogens with zero attached hydrogens (tertiary/aromatic N) is 2. The molecule has 0 aliphatic carbocycles. The number of hydrogen-bond donors (Lipinski definition) is 0. The lowest BCUT2D eigenvalue weighted by molar-refractivity contribution is 1.17. The van der Waals surface area contributed by atoms with Crippen molar-refractivity contribution in [2.45, 2.75) is 0 Å². The summed E-state index contributed by atoms with van der Waals surface area (Å²) in [5, 5.41) is 4.76. The number of aromatic nitrogens is 1. The van der Waals surface area contributed by atoms with E-state index in [1.54, 1.807) is 0 Å². The molecule has 1 heterocycles. The molecule has 0 N–H and O–H groups in total. The molecule has 224 valence electrons. The number of fused-ring (bicyclic) bond motifs is 4. The van der Waals surface area contributed by atoms with Crippen LogP contribution in [0.2, 0.25) is 0 Å². The van der Waals surface area contributed by atoms with Crippen LogP contribution in [0.4, 0.5) is 17.1 Å². The van der Waals surface area contributed by atoms with E-state index in [4.69, 9.17) is 0 Å². The molecular weight excluding hydrogens is 581 g/mol. The van der Waals surface area contributed by atoms with E-state index in [-0.39, 0.29) is 0 Å². The van der Waals surface area contributed by atoms with Gasteiger partial charge in [0.15, 0.2) is 0 Å². The molecule has 2 heteroatoms.